The second kappa shape index (κ2) is 4.44. The van der Waals surface area contributed by atoms with Crippen molar-refractivity contribution in [3.8, 4) is 0 Å². The van der Waals surface area contributed by atoms with Crippen LogP contribution < -0.4 is 10.5 Å². The van der Waals surface area contributed by atoms with Crippen molar-refractivity contribution in [2.24, 2.45) is 7.05 Å². The molecular formula is C13H15N7O. The molecule has 1 unspecified atom stereocenters. The van der Waals surface area contributed by atoms with E-state index in [4.69, 9.17) is 0 Å². The Kier molecular flexibility index (Phi) is 2.56. The molecule has 4 heterocycles. The molecule has 3 aromatic heterocycles. The van der Waals surface area contributed by atoms with Crippen molar-refractivity contribution in [1.29, 1.82) is 0 Å². The van der Waals surface area contributed by atoms with Crippen molar-refractivity contribution in [2.45, 2.75) is 12.5 Å². The fraction of sp³-hybridized carbons (Fsp3) is 0.385. The van der Waals surface area contributed by atoms with Crippen LogP contribution in [0.3, 0.4) is 0 Å². The fourth-order valence-corrected chi connectivity index (χ4v) is 2.82. The number of hydrogen-bond donors (Lipinski definition) is 1. The van der Waals surface area contributed by atoms with Gasteiger partial charge in [-0.3, -0.25) is 19.1 Å². The van der Waals surface area contributed by atoms with Crippen molar-refractivity contribution in [3.05, 3.63) is 35.0 Å². The molecule has 1 atom stereocenters. The summed E-state index contributed by atoms with van der Waals surface area (Å²) >= 11 is 0. The molecule has 21 heavy (non-hydrogen) atoms. The zero-order chi connectivity index (χ0) is 14.4. The number of anilines is 1. The van der Waals surface area contributed by atoms with Crippen LogP contribution in [0.2, 0.25) is 0 Å². The van der Waals surface area contributed by atoms with E-state index in [1.165, 1.54) is 0 Å². The zero-order valence-corrected chi connectivity index (χ0v) is 11.6. The van der Waals surface area contributed by atoms with Crippen molar-refractivity contribution < 1.29 is 0 Å². The van der Waals surface area contributed by atoms with Gasteiger partial charge in [-0.15, -0.1) is 0 Å². The molecule has 108 valence electrons. The number of fused-ring (bicyclic) bond motifs is 1. The lowest BCUT2D eigenvalue weighted by Crippen LogP contribution is -2.26. The van der Waals surface area contributed by atoms with Crippen LogP contribution in [-0.4, -0.2) is 42.6 Å². The predicted octanol–water partition coefficient (Wildman–Crippen LogP) is 0.304. The van der Waals surface area contributed by atoms with E-state index in [1.807, 2.05) is 16.9 Å². The minimum atomic E-state index is -0.148. The van der Waals surface area contributed by atoms with E-state index in [1.54, 1.807) is 24.1 Å². The summed E-state index contributed by atoms with van der Waals surface area (Å²) in [7, 11) is 1.79. The second-order valence-electron chi connectivity index (χ2n) is 5.27. The normalized spacial score (nSPS) is 18.7. The number of aromatic amines is 1. The van der Waals surface area contributed by atoms with Crippen LogP contribution in [0.1, 0.15) is 12.5 Å². The highest BCUT2D eigenvalue weighted by Gasteiger charge is 2.26. The Bertz CT molecular complexity index is 832. The quantitative estimate of drug-likeness (QED) is 0.732. The molecule has 8 nitrogen and oxygen atoms in total. The van der Waals surface area contributed by atoms with Gasteiger partial charge < -0.3 is 4.90 Å². The van der Waals surface area contributed by atoms with Gasteiger partial charge >= 0.3 is 0 Å². The third-order valence-electron chi connectivity index (χ3n) is 3.95. The molecular weight excluding hydrogens is 270 g/mol. The van der Waals surface area contributed by atoms with Gasteiger partial charge in [0.1, 0.15) is 5.39 Å². The molecule has 0 saturated carbocycles. The number of aromatic nitrogens is 6. The van der Waals surface area contributed by atoms with Gasteiger partial charge in [0.25, 0.3) is 5.56 Å². The van der Waals surface area contributed by atoms with Crippen LogP contribution in [0.25, 0.3) is 11.0 Å². The fourth-order valence-electron chi connectivity index (χ4n) is 2.82. The number of hydrogen-bond acceptors (Lipinski definition) is 5. The predicted molar refractivity (Wildman–Crippen MR) is 77.2 cm³/mol. The third kappa shape index (κ3) is 1.91. The van der Waals surface area contributed by atoms with Gasteiger partial charge in [0, 0.05) is 32.5 Å². The van der Waals surface area contributed by atoms with E-state index < -0.39 is 0 Å². The van der Waals surface area contributed by atoms with Gasteiger partial charge in [0.15, 0.2) is 5.65 Å². The average Bonchev–Trinajstić information content (AvgIpc) is 3.18. The van der Waals surface area contributed by atoms with Gasteiger partial charge in [-0.05, 0) is 12.5 Å². The molecule has 4 rings (SSSR count). The Morgan fingerprint density at radius 2 is 2.29 bits per heavy atom. The molecule has 0 radical (unpaired) electrons. The average molecular weight is 285 g/mol. The Morgan fingerprint density at radius 1 is 1.38 bits per heavy atom. The molecule has 1 fully saturated rings. The molecule has 0 aliphatic carbocycles. The van der Waals surface area contributed by atoms with Gasteiger partial charge in [-0.2, -0.15) is 15.2 Å². The van der Waals surface area contributed by atoms with Gasteiger partial charge in [0.05, 0.1) is 12.2 Å². The summed E-state index contributed by atoms with van der Waals surface area (Å²) in [6, 6.07) is 2.23. The number of nitrogens with zero attached hydrogens (tertiary/aromatic N) is 6. The van der Waals surface area contributed by atoms with Crippen LogP contribution >= 0.6 is 0 Å². The summed E-state index contributed by atoms with van der Waals surface area (Å²) < 4.78 is 3.58. The van der Waals surface area contributed by atoms with E-state index in [-0.39, 0.29) is 5.56 Å². The van der Waals surface area contributed by atoms with E-state index in [9.17, 15) is 4.79 Å². The molecule has 1 aliphatic heterocycles. The number of nitrogens with one attached hydrogen (secondary N) is 1. The summed E-state index contributed by atoms with van der Waals surface area (Å²) in [5, 5.41) is 8.88. The van der Waals surface area contributed by atoms with Crippen molar-refractivity contribution >= 4 is 17.0 Å². The van der Waals surface area contributed by atoms with E-state index in [0.29, 0.717) is 23.0 Å². The summed E-state index contributed by atoms with van der Waals surface area (Å²) in [6.07, 6.45) is 6.27. The lowest BCUT2D eigenvalue weighted by molar-refractivity contribution is 0.494. The number of aryl methyl sites for hydroxylation is 1. The van der Waals surface area contributed by atoms with Crippen molar-refractivity contribution in [1.82, 2.24) is 29.5 Å². The molecule has 0 spiro atoms. The zero-order valence-electron chi connectivity index (χ0n) is 11.6. The number of rotatable bonds is 2. The molecule has 0 amide bonds. The molecule has 8 heteroatoms. The van der Waals surface area contributed by atoms with Gasteiger partial charge in [-0.25, -0.2) is 0 Å². The van der Waals surface area contributed by atoms with Gasteiger partial charge in [0.2, 0.25) is 5.95 Å². The topological polar surface area (TPSA) is 84.6 Å². The first-order valence-electron chi connectivity index (χ1n) is 6.88. The molecule has 1 N–H and O–H groups in total. The third-order valence-corrected chi connectivity index (χ3v) is 3.95. The van der Waals surface area contributed by atoms with Crippen LogP contribution in [0.15, 0.2) is 29.5 Å². The molecule has 1 aliphatic rings. The van der Waals surface area contributed by atoms with Crippen molar-refractivity contribution in [3.63, 3.8) is 0 Å². The monoisotopic (exact) mass is 285 g/mol. The maximum absolute atomic E-state index is 12.1. The Morgan fingerprint density at radius 3 is 3.10 bits per heavy atom. The SMILES string of the molecule is Cn1ncc2c(=O)[nH]c(N3CCC(n4cccn4)C3)nc21. The Labute approximate surface area is 120 Å². The Hall–Kier alpha value is -2.64. The molecule has 0 bridgehead atoms. The van der Waals surface area contributed by atoms with Crippen LogP contribution in [0.4, 0.5) is 5.95 Å². The largest absolute Gasteiger partial charge is 0.340 e. The molecule has 3 aromatic rings. The highest BCUT2D eigenvalue weighted by atomic mass is 16.1. The summed E-state index contributed by atoms with van der Waals surface area (Å²) in [6.45, 7) is 1.63. The van der Waals surface area contributed by atoms with E-state index in [0.717, 1.165) is 19.5 Å². The lowest BCUT2D eigenvalue weighted by Gasteiger charge is -2.17. The van der Waals surface area contributed by atoms with Crippen LogP contribution in [-0.2, 0) is 7.05 Å². The highest BCUT2D eigenvalue weighted by molar-refractivity contribution is 5.74. The lowest BCUT2D eigenvalue weighted by atomic mass is 10.3. The summed E-state index contributed by atoms with van der Waals surface area (Å²) in [5.74, 6) is 0.603. The number of H-pyrrole nitrogens is 1. The van der Waals surface area contributed by atoms with E-state index >= 15 is 0 Å². The summed E-state index contributed by atoms with van der Waals surface area (Å²) in [4.78, 5) is 21.6. The summed E-state index contributed by atoms with van der Waals surface area (Å²) in [5.41, 5.74) is 0.460. The van der Waals surface area contributed by atoms with Gasteiger partial charge in [-0.1, -0.05) is 0 Å². The second-order valence-corrected chi connectivity index (χ2v) is 5.27. The maximum Gasteiger partial charge on any atom is 0.263 e. The molecule has 0 aromatic carbocycles. The minimum Gasteiger partial charge on any atom is -0.340 e. The van der Waals surface area contributed by atoms with Crippen LogP contribution in [0.5, 0.6) is 0 Å². The van der Waals surface area contributed by atoms with E-state index in [2.05, 4.69) is 25.1 Å². The van der Waals surface area contributed by atoms with Crippen molar-refractivity contribution in [2.75, 3.05) is 18.0 Å². The highest BCUT2D eigenvalue weighted by Crippen LogP contribution is 2.24. The Balaban J connectivity index is 1.68. The molecule has 1 saturated heterocycles. The standard InChI is InChI=1S/C13H15N7O/c1-18-11-10(7-15-18)12(21)17-13(16-11)19-6-3-9(8-19)20-5-2-4-14-20/h2,4-5,7,9H,3,6,8H2,1H3,(H,16,17,21). The maximum atomic E-state index is 12.1. The minimum absolute atomic E-state index is 0.148. The first kappa shape index (κ1) is 12.1. The van der Waals surface area contributed by atoms with Crippen LogP contribution in [0, 0.1) is 0 Å². The first-order valence-corrected chi connectivity index (χ1v) is 6.88. The first-order chi connectivity index (χ1) is 10.2. The smallest absolute Gasteiger partial charge is 0.263 e.